The van der Waals surface area contributed by atoms with Crippen molar-refractivity contribution in [1.29, 1.82) is 0 Å². The maximum Gasteiger partial charge on any atom is 0.261 e. The molecule has 0 aromatic carbocycles. The Morgan fingerprint density at radius 1 is 1.25 bits per heavy atom. The van der Waals surface area contributed by atoms with Gasteiger partial charge in [0, 0.05) is 0 Å². The molecule has 0 spiro atoms. The van der Waals surface area contributed by atoms with Crippen LogP contribution in [0.4, 0.5) is 0 Å². The summed E-state index contributed by atoms with van der Waals surface area (Å²) in [5.41, 5.74) is 0. The summed E-state index contributed by atoms with van der Waals surface area (Å²) in [5.74, 6) is 1.41. The molecule has 0 saturated heterocycles. The Labute approximate surface area is 128 Å². The lowest BCUT2D eigenvalue weighted by Gasteiger charge is -2.00. The van der Waals surface area contributed by atoms with Crippen molar-refractivity contribution >= 4 is 40.2 Å². The van der Waals surface area contributed by atoms with E-state index < -0.39 is 0 Å². The molecule has 0 unspecified atom stereocenters. The summed E-state index contributed by atoms with van der Waals surface area (Å²) in [6, 6.07) is 11.2. The molecule has 0 radical (unpaired) electrons. The van der Waals surface area contributed by atoms with Crippen molar-refractivity contribution in [2.75, 3.05) is 0 Å². The smallest absolute Gasteiger partial charge is 0.261 e. The van der Waals surface area contributed by atoms with Crippen molar-refractivity contribution in [2.45, 2.75) is 6.54 Å². The first-order valence-electron chi connectivity index (χ1n) is 5.88. The Hall–Kier alpha value is -1.56. The first kappa shape index (κ1) is 13.4. The van der Waals surface area contributed by atoms with Crippen LogP contribution in [0.1, 0.15) is 15.4 Å². The molecule has 0 aliphatic heterocycles. The van der Waals surface area contributed by atoms with Gasteiger partial charge in [-0.05, 0) is 35.7 Å². The molecule has 3 nitrogen and oxygen atoms in total. The highest BCUT2D eigenvalue weighted by Gasteiger charge is 2.10. The van der Waals surface area contributed by atoms with Gasteiger partial charge in [0.05, 0.1) is 20.6 Å². The third-order valence-corrected chi connectivity index (χ3v) is 4.76. The van der Waals surface area contributed by atoms with E-state index in [1.54, 1.807) is 23.5 Å². The van der Waals surface area contributed by atoms with E-state index >= 15 is 0 Å². The summed E-state index contributed by atoms with van der Waals surface area (Å²) >= 11 is 8.68. The number of thiophene rings is 2. The fourth-order valence-electron chi connectivity index (χ4n) is 1.71. The molecule has 3 rings (SSSR count). The fourth-order valence-corrected chi connectivity index (χ4v) is 3.36. The summed E-state index contributed by atoms with van der Waals surface area (Å²) in [6.45, 7) is 0.361. The average Bonchev–Trinajstić information content (AvgIpc) is 3.16. The van der Waals surface area contributed by atoms with Gasteiger partial charge in [0.25, 0.3) is 5.91 Å². The van der Waals surface area contributed by atoms with Gasteiger partial charge in [0.1, 0.15) is 11.5 Å². The molecule has 0 aliphatic rings. The number of carbonyl (C=O) groups is 1. The zero-order chi connectivity index (χ0) is 13.9. The molecule has 20 heavy (non-hydrogen) atoms. The lowest BCUT2D eigenvalue weighted by atomic mass is 10.3. The second-order valence-electron chi connectivity index (χ2n) is 4.03. The second-order valence-corrected chi connectivity index (χ2v) is 6.69. The van der Waals surface area contributed by atoms with E-state index in [0.29, 0.717) is 15.8 Å². The zero-order valence-corrected chi connectivity index (χ0v) is 12.6. The van der Waals surface area contributed by atoms with Crippen LogP contribution in [0, 0.1) is 0 Å². The molecule has 3 heterocycles. The third-order valence-electron chi connectivity index (χ3n) is 2.65. The summed E-state index contributed by atoms with van der Waals surface area (Å²) in [7, 11) is 0. The summed E-state index contributed by atoms with van der Waals surface area (Å²) in [6.07, 6.45) is 0. The van der Waals surface area contributed by atoms with E-state index in [9.17, 15) is 4.79 Å². The van der Waals surface area contributed by atoms with Crippen molar-refractivity contribution in [3.63, 3.8) is 0 Å². The lowest BCUT2D eigenvalue weighted by molar-refractivity contribution is 0.0952. The standard InChI is InChI=1S/C14H10ClNO2S2/c15-13-6-5-12(20-13)14(17)16-8-9-3-4-10(18-9)11-2-1-7-19-11/h1-7H,8H2,(H,16,17). The first-order chi connectivity index (χ1) is 9.72. The largest absolute Gasteiger partial charge is 0.458 e. The Kier molecular flexibility index (Phi) is 3.91. The highest BCUT2D eigenvalue weighted by Crippen LogP contribution is 2.26. The van der Waals surface area contributed by atoms with Crippen LogP contribution in [0.2, 0.25) is 4.34 Å². The molecule has 1 amide bonds. The predicted molar refractivity (Wildman–Crippen MR) is 82.5 cm³/mol. The van der Waals surface area contributed by atoms with E-state index in [-0.39, 0.29) is 5.91 Å². The molecule has 3 aromatic rings. The van der Waals surface area contributed by atoms with Crippen molar-refractivity contribution < 1.29 is 9.21 Å². The number of nitrogens with one attached hydrogen (secondary N) is 1. The minimum absolute atomic E-state index is 0.143. The Balaban J connectivity index is 1.63. The van der Waals surface area contributed by atoms with Crippen molar-refractivity contribution in [1.82, 2.24) is 5.32 Å². The van der Waals surface area contributed by atoms with Gasteiger partial charge in [0.15, 0.2) is 0 Å². The topological polar surface area (TPSA) is 42.2 Å². The molecule has 6 heteroatoms. The van der Waals surface area contributed by atoms with E-state index in [1.165, 1.54) is 11.3 Å². The molecule has 0 bridgehead atoms. The van der Waals surface area contributed by atoms with Crippen molar-refractivity contribution in [2.24, 2.45) is 0 Å². The van der Waals surface area contributed by atoms with Gasteiger partial charge in [-0.3, -0.25) is 4.79 Å². The van der Waals surface area contributed by atoms with E-state index in [4.69, 9.17) is 16.0 Å². The summed E-state index contributed by atoms with van der Waals surface area (Å²) in [4.78, 5) is 13.5. The molecule has 0 aliphatic carbocycles. The van der Waals surface area contributed by atoms with Crippen LogP contribution in [0.3, 0.4) is 0 Å². The minimum Gasteiger partial charge on any atom is -0.458 e. The highest BCUT2D eigenvalue weighted by atomic mass is 35.5. The third kappa shape index (κ3) is 2.95. The van der Waals surface area contributed by atoms with Crippen molar-refractivity contribution in [3.05, 3.63) is 56.8 Å². The number of hydrogen-bond acceptors (Lipinski definition) is 4. The molecule has 0 saturated carbocycles. The van der Waals surface area contributed by atoms with E-state index in [2.05, 4.69) is 5.32 Å². The van der Waals surface area contributed by atoms with Gasteiger partial charge in [-0.15, -0.1) is 22.7 Å². The van der Waals surface area contributed by atoms with E-state index in [0.717, 1.165) is 16.4 Å². The minimum atomic E-state index is -0.143. The molecule has 0 fully saturated rings. The fraction of sp³-hybridized carbons (Fsp3) is 0.0714. The Bertz CT molecular complexity index is 715. The van der Waals surface area contributed by atoms with Crippen molar-refractivity contribution in [3.8, 4) is 10.6 Å². The zero-order valence-electron chi connectivity index (χ0n) is 10.3. The molecule has 1 N–H and O–H groups in total. The maximum absolute atomic E-state index is 11.9. The number of furan rings is 1. The Morgan fingerprint density at radius 2 is 2.15 bits per heavy atom. The van der Waals surface area contributed by atoms with Gasteiger partial charge in [0.2, 0.25) is 0 Å². The monoisotopic (exact) mass is 323 g/mol. The van der Waals surface area contributed by atoms with Crippen LogP contribution in [-0.4, -0.2) is 5.91 Å². The highest BCUT2D eigenvalue weighted by molar-refractivity contribution is 7.18. The molecule has 102 valence electrons. The summed E-state index contributed by atoms with van der Waals surface area (Å²) in [5, 5.41) is 4.81. The van der Waals surface area contributed by atoms with Gasteiger partial charge < -0.3 is 9.73 Å². The predicted octanol–water partition coefficient (Wildman–Crippen LogP) is 4.65. The van der Waals surface area contributed by atoms with Crippen LogP contribution in [-0.2, 0) is 6.54 Å². The van der Waals surface area contributed by atoms with Gasteiger partial charge >= 0.3 is 0 Å². The number of amides is 1. The van der Waals surface area contributed by atoms with Crippen LogP contribution >= 0.6 is 34.3 Å². The van der Waals surface area contributed by atoms with Gasteiger partial charge in [-0.2, -0.15) is 0 Å². The number of halogens is 1. The normalized spacial score (nSPS) is 10.7. The summed E-state index contributed by atoms with van der Waals surface area (Å²) < 4.78 is 6.30. The van der Waals surface area contributed by atoms with E-state index in [1.807, 2.05) is 29.6 Å². The van der Waals surface area contributed by atoms with Crippen LogP contribution in [0.5, 0.6) is 0 Å². The number of carbonyl (C=O) groups excluding carboxylic acids is 1. The van der Waals surface area contributed by atoms with Crippen LogP contribution < -0.4 is 5.32 Å². The molecular formula is C14H10ClNO2S2. The SMILES string of the molecule is O=C(NCc1ccc(-c2cccs2)o1)c1ccc(Cl)s1. The molecular weight excluding hydrogens is 314 g/mol. The quantitative estimate of drug-likeness (QED) is 0.759. The molecule has 3 aromatic heterocycles. The van der Waals surface area contributed by atoms with Gasteiger partial charge in [-0.1, -0.05) is 17.7 Å². The lowest BCUT2D eigenvalue weighted by Crippen LogP contribution is -2.21. The van der Waals surface area contributed by atoms with Gasteiger partial charge in [-0.25, -0.2) is 0 Å². The average molecular weight is 324 g/mol. The maximum atomic E-state index is 11.9. The number of hydrogen-bond donors (Lipinski definition) is 1. The first-order valence-corrected chi connectivity index (χ1v) is 7.96. The van der Waals surface area contributed by atoms with Crippen LogP contribution in [0.25, 0.3) is 10.6 Å². The number of rotatable bonds is 4. The molecule has 0 atom stereocenters. The van der Waals surface area contributed by atoms with Crippen LogP contribution in [0.15, 0.2) is 46.2 Å². The Morgan fingerprint density at radius 3 is 2.85 bits per heavy atom. The second kappa shape index (κ2) is 5.83.